The SMILES string of the molecule is CCCNC(CCc1ccco1)c1ccc(CCC)cc1. The molecule has 0 spiro atoms. The van der Waals surface area contributed by atoms with Crippen LogP contribution in [0.4, 0.5) is 0 Å². The largest absolute Gasteiger partial charge is 0.469 e. The molecule has 0 fully saturated rings. The van der Waals surface area contributed by atoms with Crippen molar-refractivity contribution in [1.82, 2.24) is 5.32 Å². The van der Waals surface area contributed by atoms with Crippen LogP contribution in [-0.2, 0) is 12.8 Å². The van der Waals surface area contributed by atoms with E-state index in [0.29, 0.717) is 6.04 Å². The lowest BCUT2D eigenvalue weighted by atomic mass is 9.98. The summed E-state index contributed by atoms with van der Waals surface area (Å²) in [5.74, 6) is 1.07. The zero-order chi connectivity index (χ0) is 14.9. The average molecular weight is 285 g/mol. The summed E-state index contributed by atoms with van der Waals surface area (Å²) in [5, 5.41) is 3.66. The minimum Gasteiger partial charge on any atom is -0.469 e. The van der Waals surface area contributed by atoms with Crippen LogP contribution in [0.5, 0.6) is 0 Å². The van der Waals surface area contributed by atoms with E-state index in [2.05, 4.69) is 49.5 Å². The number of benzene rings is 1. The van der Waals surface area contributed by atoms with Crippen LogP contribution < -0.4 is 5.32 Å². The Labute approximate surface area is 128 Å². The molecule has 1 unspecified atom stereocenters. The van der Waals surface area contributed by atoms with E-state index >= 15 is 0 Å². The van der Waals surface area contributed by atoms with E-state index in [1.807, 2.05) is 6.07 Å². The van der Waals surface area contributed by atoms with E-state index in [0.717, 1.165) is 31.6 Å². The Balaban J connectivity index is 1.99. The van der Waals surface area contributed by atoms with Crippen LogP contribution in [0.3, 0.4) is 0 Å². The number of aryl methyl sites for hydroxylation is 2. The molecule has 0 radical (unpaired) electrons. The second-order valence-corrected chi connectivity index (χ2v) is 5.62. The maximum Gasteiger partial charge on any atom is 0.103 e. The van der Waals surface area contributed by atoms with Gasteiger partial charge in [-0.25, -0.2) is 0 Å². The average Bonchev–Trinajstić information content (AvgIpc) is 3.02. The molecular formula is C19H27NO. The van der Waals surface area contributed by atoms with E-state index in [-0.39, 0.29) is 0 Å². The predicted molar refractivity (Wildman–Crippen MR) is 88.5 cm³/mol. The van der Waals surface area contributed by atoms with Crippen LogP contribution in [0.1, 0.15) is 56.0 Å². The zero-order valence-corrected chi connectivity index (χ0v) is 13.3. The summed E-state index contributed by atoms with van der Waals surface area (Å²) < 4.78 is 5.45. The first-order valence-electron chi connectivity index (χ1n) is 8.18. The van der Waals surface area contributed by atoms with Gasteiger partial charge in [0.1, 0.15) is 5.76 Å². The van der Waals surface area contributed by atoms with E-state index in [9.17, 15) is 0 Å². The molecule has 0 amide bonds. The first-order chi connectivity index (χ1) is 10.3. The standard InChI is InChI=1S/C19H27NO/c1-3-6-16-8-10-17(11-9-16)19(20-14-4-2)13-12-18-7-5-15-21-18/h5,7-11,15,19-20H,3-4,6,12-14H2,1-2H3. The van der Waals surface area contributed by atoms with Crippen LogP contribution in [0.25, 0.3) is 0 Å². The first kappa shape index (κ1) is 15.8. The lowest BCUT2D eigenvalue weighted by molar-refractivity contribution is 0.452. The topological polar surface area (TPSA) is 25.2 Å². The van der Waals surface area contributed by atoms with Crippen molar-refractivity contribution in [3.8, 4) is 0 Å². The fraction of sp³-hybridized carbons (Fsp3) is 0.474. The molecule has 0 saturated heterocycles. The quantitative estimate of drug-likeness (QED) is 0.708. The lowest BCUT2D eigenvalue weighted by Crippen LogP contribution is -2.22. The first-order valence-corrected chi connectivity index (χ1v) is 8.18. The van der Waals surface area contributed by atoms with Gasteiger partial charge in [0.25, 0.3) is 0 Å². The summed E-state index contributed by atoms with van der Waals surface area (Å²) in [6.07, 6.45) is 7.33. The van der Waals surface area contributed by atoms with Crippen LogP contribution in [0, 0.1) is 0 Å². The molecule has 0 aliphatic heterocycles. The van der Waals surface area contributed by atoms with E-state index < -0.39 is 0 Å². The van der Waals surface area contributed by atoms with Crippen molar-refractivity contribution in [2.75, 3.05) is 6.54 Å². The van der Waals surface area contributed by atoms with Crippen molar-refractivity contribution in [1.29, 1.82) is 0 Å². The number of hydrogen-bond donors (Lipinski definition) is 1. The van der Waals surface area contributed by atoms with Crippen LogP contribution >= 0.6 is 0 Å². The van der Waals surface area contributed by atoms with Crippen molar-refractivity contribution in [2.45, 2.75) is 52.0 Å². The molecule has 1 aromatic carbocycles. The Morgan fingerprint density at radius 1 is 1.00 bits per heavy atom. The second kappa shape index (κ2) is 8.68. The Hall–Kier alpha value is -1.54. The summed E-state index contributed by atoms with van der Waals surface area (Å²) in [5.41, 5.74) is 2.82. The molecule has 0 aliphatic rings. The van der Waals surface area contributed by atoms with Gasteiger partial charge >= 0.3 is 0 Å². The third-order valence-corrected chi connectivity index (χ3v) is 3.82. The number of nitrogens with one attached hydrogen (secondary N) is 1. The molecule has 2 aromatic rings. The van der Waals surface area contributed by atoms with Crippen molar-refractivity contribution in [3.05, 3.63) is 59.5 Å². The predicted octanol–water partition coefficient (Wildman–Crippen LogP) is 4.91. The van der Waals surface area contributed by atoms with Crippen molar-refractivity contribution >= 4 is 0 Å². The van der Waals surface area contributed by atoms with Gasteiger partial charge in [0.05, 0.1) is 6.26 Å². The molecular weight excluding hydrogens is 258 g/mol. The van der Waals surface area contributed by atoms with E-state index in [4.69, 9.17) is 4.42 Å². The van der Waals surface area contributed by atoms with Crippen LogP contribution in [0.15, 0.2) is 47.1 Å². The van der Waals surface area contributed by atoms with Gasteiger partial charge in [-0.1, -0.05) is 44.5 Å². The van der Waals surface area contributed by atoms with Gasteiger partial charge in [-0.2, -0.15) is 0 Å². The minimum absolute atomic E-state index is 0.408. The molecule has 1 atom stereocenters. The summed E-state index contributed by atoms with van der Waals surface area (Å²) in [4.78, 5) is 0. The van der Waals surface area contributed by atoms with E-state index in [1.165, 1.54) is 24.0 Å². The molecule has 1 heterocycles. The molecule has 1 N–H and O–H groups in total. The molecule has 0 aliphatic carbocycles. The van der Waals surface area contributed by atoms with E-state index in [1.54, 1.807) is 6.26 Å². The van der Waals surface area contributed by atoms with Crippen molar-refractivity contribution in [2.24, 2.45) is 0 Å². The van der Waals surface area contributed by atoms with Crippen molar-refractivity contribution in [3.63, 3.8) is 0 Å². The van der Waals surface area contributed by atoms with Crippen LogP contribution in [0.2, 0.25) is 0 Å². The van der Waals surface area contributed by atoms with Gasteiger partial charge in [0.15, 0.2) is 0 Å². The lowest BCUT2D eigenvalue weighted by Gasteiger charge is -2.19. The Morgan fingerprint density at radius 3 is 2.43 bits per heavy atom. The van der Waals surface area contributed by atoms with Gasteiger partial charge in [0.2, 0.25) is 0 Å². The number of rotatable bonds is 9. The Kier molecular flexibility index (Phi) is 6.55. The van der Waals surface area contributed by atoms with Gasteiger partial charge in [0, 0.05) is 12.5 Å². The minimum atomic E-state index is 0.408. The molecule has 1 aromatic heterocycles. The van der Waals surface area contributed by atoms with Gasteiger partial charge < -0.3 is 9.73 Å². The smallest absolute Gasteiger partial charge is 0.103 e. The highest BCUT2D eigenvalue weighted by Gasteiger charge is 2.11. The third kappa shape index (κ3) is 5.05. The maximum atomic E-state index is 5.45. The summed E-state index contributed by atoms with van der Waals surface area (Å²) in [7, 11) is 0. The number of furan rings is 1. The molecule has 2 heteroatoms. The summed E-state index contributed by atoms with van der Waals surface area (Å²) in [6.45, 7) is 5.49. The number of hydrogen-bond acceptors (Lipinski definition) is 2. The van der Waals surface area contributed by atoms with Gasteiger partial charge in [-0.3, -0.25) is 0 Å². The van der Waals surface area contributed by atoms with Gasteiger partial charge in [-0.15, -0.1) is 0 Å². The van der Waals surface area contributed by atoms with Crippen molar-refractivity contribution < 1.29 is 4.42 Å². The summed E-state index contributed by atoms with van der Waals surface area (Å²) in [6, 6.07) is 13.5. The highest BCUT2D eigenvalue weighted by molar-refractivity contribution is 5.25. The molecule has 2 nitrogen and oxygen atoms in total. The fourth-order valence-corrected chi connectivity index (χ4v) is 2.65. The molecule has 0 saturated carbocycles. The van der Waals surface area contributed by atoms with Gasteiger partial charge in [-0.05, 0) is 49.1 Å². The van der Waals surface area contributed by atoms with Crippen LogP contribution in [-0.4, -0.2) is 6.54 Å². The molecule has 21 heavy (non-hydrogen) atoms. The Morgan fingerprint density at radius 2 is 1.81 bits per heavy atom. The highest BCUT2D eigenvalue weighted by atomic mass is 16.3. The maximum absolute atomic E-state index is 5.45. The zero-order valence-electron chi connectivity index (χ0n) is 13.3. The Bertz CT molecular complexity index is 487. The fourth-order valence-electron chi connectivity index (χ4n) is 2.65. The molecule has 114 valence electrons. The normalized spacial score (nSPS) is 12.5. The molecule has 0 bridgehead atoms. The third-order valence-electron chi connectivity index (χ3n) is 3.82. The second-order valence-electron chi connectivity index (χ2n) is 5.62. The molecule has 2 rings (SSSR count). The summed E-state index contributed by atoms with van der Waals surface area (Å²) >= 11 is 0. The highest BCUT2D eigenvalue weighted by Crippen LogP contribution is 2.20. The monoisotopic (exact) mass is 285 g/mol.